The first-order valence-electron chi connectivity index (χ1n) is 14.8. The van der Waals surface area contributed by atoms with Gasteiger partial charge < -0.3 is 29.7 Å². The zero-order chi connectivity index (χ0) is 29.3. The molecule has 0 aromatic rings. The van der Waals surface area contributed by atoms with E-state index in [2.05, 4.69) is 25.4 Å². The van der Waals surface area contributed by atoms with E-state index in [1.807, 2.05) is 0 Å². The van der Waals surface area contributed by atoms with Gasteiger partial charge in [-0.2, -0.15) is 0 Å². The lowest BCUT2D eigenvalue weighted by atomic mass is 9.70. The molecule has 0 radical (unpaired) electrons. The molecule has 6 atom stereocenters. The predicted octanol–water partition coefficient (Wildman–Crippen LogP) is 2.35. The fourth-order valence-electron chi connectivity index (χ4n) is 6.38. The molecule has 3 fully saturated rings. The van der Waals surface area contributed by atoms with Crippen LogP contribution in [0.1, 0.15) is 71.6 Å². The van der Waals surface area contributed by atoms with Crippen LogP contribution >= 0.6 is 0 Å². The molecule has 2 bridgehead atoms. The number of carbonyl (C=O) groups excluding carboxylic acids is 4. The van der Waals surface area contributed by atoms with Crippen LogP contribution in [0.4, 0.5) is 0 Å². The van der Waals surface area contributed by atoms with Crippen LogP contribution in [0.2, 0.25) is 0 Å². The summed E-state index contributed by atoms with van der Waals surface area (Å²) >= 11 is 0. The molecule has 0 aromatic carbocycles. The maximum atomic E-state index is 14.1. The molecule has 224 valence electrons. The van der Waals surface area contributed by atoms with Crippen LogP contribution in [0, 0.1) is 11.8 Å². The SMILES string of the molecule is C=CCCC(=O)NC[C@H](C)OC(=O)[C@@H]1[C@@H]2CC[C@]3(O2)[C@H](C(=O)N(CC=C)CCCC)N(CCCCCO)C(=O)[C@@H]13. The Balaban J connectivity index is 1.81. The van der Waals surface area contributed by atoms with E-state index >= 15 is 0 Å². The second kappa shape index (κ2) is 14.8. The lowest BCUT2D eigenvalue weighted by Crippen LogP contribution is -2.56. The highest BCUT2D eigenvalue weighted by Gasteiger charge is 2.75. The topological polar surface area (TPSA) is 125 Å². The van der Waals surface area contributed by atoms with Crippen molar-refractivity contribution in [1.29, 1.82) is 0 Å². The fraction of sp³-hybridized carbons (Fsp3) is 0.733. The number of hydrogen-bond donors (Lipinski definition) is 2. The van der Waals surface area contributed by atoms with E-state index in [-0.39, 0.29) is 30.9 Å². The molecule has 3 aliphatic rings. The van der Waals surface area contributed by atoms with Gasteiger partial charge in [-0.25, -0.2) is 0 Å². The molecule has 0 aromatic heterocycles. The molecule has 3 heterocycles. The molecule has 2 N–H and O–H groups in total. The largest absolute Gasteiger partial charge is 0.460 e. The van der Waals surface area contributed by atoms with Crippen molar-refractivity contribution in [2.75, 3.05) is 32.8 Å². The first-order chi connectivity index (χ1) is 19.2. The van der Waals surface area contributed by atoms with E-state index in [1.165, 1.54) is 0 Å². The second-order valence-electron chi connectivity index (χ2n) is 11.2. The minimum Gasteiger partial charge on any atom is -0.460 e. The van der Waals surface area contributed by atoms with Crippen molar-refractivity contribution in [2.45, 2.75) is 95.5 Å². The van der Waals surface area contributed by atoms with Gasteiger partial charge in [0.05, 0.1) is 24.5 Å². The number of allylic oxidation sites excluding steroid dienone is 1. The van der Waals surface area contributed by atoms with Crippen molar-refractivity contribution in [2.24, 2.45) is 11.8 Å². The lowest BCUT2D eigenvalue weighted by molar-refractivity contribution is -0.159. The van der Waals surface area contributed by atoms with Gasteiger partial charge in [0.25, 0.3) is 0 Å². The zero-order valence-electron chi connectivity index (χ0n) is 24.1. The smallest absolute Gasteiger partial charge is 0.312 e. The number of ether oxygens (including phenoxy) is 2. The molecule has 0 saturated carbocycles. The van der Waals surface area contributed by atoms with Gasteiger partial charge in [-0.15, -0.1) is 13.2 Å². The van der Waals surface area contributed by atoms with E-state index in [0.29, 0.717) is 58.2 Å². The molecule has 0 aliphatic carbocycles. The van der Waals surface area contributed by atoms with E-state index in [1.54, 1.807) is 28.9 Å². The van der Waals surface area contributed by atoms with Crippen LogP contribution in [-0.2, 0) is 28.7 Å². The van der Waals surface area contributed by atoms with Gasteiger partial charge in [0.15, 0.2) is 0 Å². The van der Waals surface area contributed by atoms with Crippen molar-refractivity contribution >= 4 is 23.7 Å². The average Bonchev–Trinajstić information content (AvgIpc) is 3.58. The van der Waals surface area contributed by atoms with Crippen molar-refractivity contribution in [3.63, 3.8) is 0 Å². The van der Waals surface area contributed by atoms with Crippen molar-refractivity contribution < 1.29 is 33.8 Å². The van der Waals surface area contributed by atoms with Crippen molar-refractivity contribution in [1.82, 2.24) is 15.1 Å². The van der Waals surface area contributed by atoms with Gasteiger partial charge in [0.1, 0.15) is 17.7 Å². The van der Waals surface area contributed by atoms with Gasteiger partial charge in [-0.1, -0.05) is 25.5 Å². The number of hydrogen-bond acceptors (Lipinski definition) is 7. The normalized spacial score (nSPS) is 27.3. The van der Waals surface area contributed by atoms with Crippen molar-refractivity contribution in [3.8, 4) is 0 Å². The average molecular weight is 562 g/mol. The number of nitrogens with one attached hydrogen (secondary N) is 1. The third-order valence-electron chi connectivity index (χ3n) is 8.29. The lowest BCUT2D eigenvalue weighted by Gasteiger charge is -2.36. The first kappa shape index (κ1) is 31.8. The fourth-order valence-corrected chi connectivity index (χ4v) is 6.38. The summed E-state index contributed by atoms with van der Waals surface area (Å²) in [4.78, 5) is 56.9. The Kier molecular flexibility index (Phi) is 11.7. The summed E-state index contributed by atoms with van der Waals surface area (Å²) in [5.74, 6) is -2.69. The van der Waals surface area contributed by atoms with Crippen LogP contribution in [0.15, 0.2) is 25.3 Å². The summed E-state index contributed by atoms with van der Waals surface area (Å²) in [7, 11) is 0. The number of fused-ring (bicyclic) bond motifs is 1. The Morgan fingerprint density at radius 1 is 1.25 bits per heavy atom. The molecule has 3 saturated heterocycles. The second-order valence-corrected chi connectivity index (χ2v) is 11.2. The summed E-state index contributed by atoms with van der Waals surface area (Å²) < 4.78 is 12.2. The molecular formula is C30H47N3O7. The molecule has 3 amide bonds. The molecule has 10 nitrogen and oxygen atoms in total. The Morgan fingerprint density at radius 2 is 2.02 bits per heavy atom. The molecule has 40 heavy (non-hydrogen) atoms. The highest BCUT2D eigenvalue weighted by molar-refractivity contribution is 5.98. The molecule has 3 rings (SSSR count). The highest BCUT2D eigenvalue weighted by Crippen LogP contribution is 2.58. The van der Waals surface area contributed by atoms with Crippen LogP contribution in [0.25, 0.3) is 0 Å². The van der Waals surface area contributed by atoms with E-state index in [0.717, 1.165) is 19.3 Å². The van der Waals surface area contributed by atoms with E-state index in [4.69, 9.17) is 9.47 Å². The number of nitrogens with zero attached hydrogens (tertiary/aromatic N) is 2. The number of aliphatic hydroxyl groups is 1. The minimum atomic E-state index is -1.08. The Bertz CT molecular complexity index is 940. The maximum Gasteiger partial charge on any atom is 0.312 e. The van der Waals surface area contributed by atoms with Gasteiger partial charge in [-0.3, -0.25) is 19.2 Å². The highest BCUT2D eigenvalue weighted by atomic mass is 16.6. The molecule has 3 aliphatic heterocycles. The number of aliphatic hydroxyl groups excluding tert-OH is 1. The summed E-state index contributed by atoms with van der Waals surface area (Å²) in [6.07, 6.45) is 7.95. The van der Waals surface area contributed by atoms with E-state index < -0.39 is 41.7 Å². The summed E-state index contributed by atoms with van der Waals surface area (Å²) in [5.41, 5.74) is -1.08. The molecule has 10 heteroatoms. The number of rotatable bonds is 18. The van der Waals surface area contributed by atoms with Gasteiger partial charge in [0, 0.05) is 32.7 Å². The van der Waals surface area contributed by atoms with Gasteiger partial charge >= 0.3 is 5.97 Å². The Morgan fingerprint density at radius 3 is 2.70 bits per heavy atom. The van der Waals surface area contributed by atoms with Crippen LogP contribution in [0.5, 0.6) is 0 Å². The number of carbonyl (C=O) groups is 4. The molecule has 0 unspecified atom stereocenters. The number of amides is 3. The number of likely N-dealkylation sites (tertiary alicyclic amines) is 1. The van der Waals surface area contributed by atoms with Crippen LogP contribution < -0.4 is 5.32 Å². The number of unbranched alkanes of at least 4 members (excludes halogenated alkanes) is 3. The zero-order valence-corrected chi connectivity index (χ0v) is 24.1. The molecular weight excluding hydrogens is 514 g/mol. The molecule has 1 spiro atoms. The van der Waals surface area contributed by atoms with Crippen LogP contribution in [0.3, 0.4) is 0 Å². The Hall–Kier alpha value is -2.72. The Labute approximate surface area is 238 Å². The van der Waals surface area contributed by atoms with Gasteiger partial charge in [0.2, 0.25) is 17.7 Å². The summed E-state index contributed by atoms with van der Waals surface area (Å²) in [6.45, 7) is 12.7. The third kappa shape index (κ3) is 6.77. The quantitative estimate of drug-likeness (QED) is 0.150. The first-order valence-corrected chi connectivity index (χ1v) is 14.8. The van der Waals surface area contributed by atoms with Gasteiger partial charge in [-0.05, 0) is 51.9 Å². The summed E-state index contributed by atoms with van der Waals surface area (Å²) in [5, 5.41) is 12.0. The minimum absolute atomic E-state index is 0.0681. The van der Waals surface area contributed by atoms with Crippen LogP contribution in [-0.4, -0.2) is 95.2 Å². The third-order valence-corrected chi connectivity index (χ3v) is 8.29. The standard InChI is InChI=1S/C30H47N3O7/c1-5-8-13-23(35)31-20-21(4)39-29(38)24-22-14-15-30(40-22)25(24)27(36)33(18-11-10-12-19-34)26(30)28(37)32(16-7-3)17-9-6-2/h5,7,21-22,24-26,34H,1,3,6,8-20H2,2,4H3,(H,31,35)/t21-,22-,24+,25+,26-,30+/m0/s1. The predicted molar refractivity (Wildman–Crippen MR) is 150 cm³/mol. The monoisotopic (exact) mass is 561 g/mol. The van der Waals surface area contributed by atoms with Crippen molar-refractivity contribution in [3.05, 3.63) is 25.3 Å². The summed E-state index contributed by atoms with van der Waals surface area (Å²) in [6, 6.07) is -0.819. The maximum absolute atomic E-state index is 14.1. The number of esters is 1. The van der Waals surface area contributed by atoms with E-state index in [9.17, 15) is 24.3 Å².